The highest BCUT2D eigenvalue weighted by Crippen LogP contribution is 2.10. The van der Waals surface area contributed by atoms with E-state index in [1.54, 1.807) is 0 Å². The van der Waals surface area contributed by atoms with E-state index in [0.717, 1.165) is 17.5 Å². The summed E-state index contributed by atoms with van der Waals surface area (Å²) in [5.74, 6) is -1.96. The van der Waals surface area contributed by atoms with Crippen molar-refractivity contribution in [1.29, 1.82) is 0 Å². The average molecular weight is 443 g/mol. The number of nitrogens with one attached hydrogen (secondary N) is 2. The predicted molar refractivity (Wildman–Crippen MR) is 124 cm³/mol. The van der Waals surface area contributed by atoms with Gasteiger partial charge in [-0.25, -0.2) is 4.79 Å². The number of rotatable bonds is 12. The number of carboxylic acids is 1. The average Bonchev–Trinajstić information content (AvgIpc) is 2.77. The SMILES string of the molecule is CCCC(S)C(=O)N[C@@H](CCc1ccccc1)C(=O)N[C@@H](Cc1ccccc1)C(=O)O. The minimum Gasteiger partial charge on any atom is -0.480 e. The van der Waals surface area contributed by atoms with Gasteiger partial charge in [0.05, 0.1) is 5.25 Å². The fourth-order valence-corrected chi connectivity index (χ4v) is 3.55. The highest BCUT2D eigenvalue weighted by atomic mass is 32.1. The minimum atomic E-state index is -1.12. The molecule has 0 fully saturated rings. The molecule has 0 spiro atoms. The molecule has 0 aliphatic heterocycles. The zero-order chi connectivity index (χ0) is 22.6. The third-order valence-corrected chi connectivity index (χ3v) is 5.45. The fraction of sp³-hybridized carbons (Fsp3) is 0.375. The van der Waals surface area contributed by atoms with Gasteiger partial charge in [-0.2, -0.15) is 12.6 Å². The number of hydrogen-bond donors (Lipinski definition) is 4. The van der Waals surface area contributed by atoms with Crippen molar-refractivity contribution in [3.63, 3.8) is 0 Å². The summed E-state index contributed by atoms with van der Waals surface area (Å²) in [6.07, 6.45) is 2.47. The highest BCUT2D eigenvalue weighted by molar-refractivity contribution is 7.81. The maximum absolute atomic E-state index is 13.0. The van der Waals surface area contributed by atoms with Crippen LogP contribution in [0.4, 0.5) is 0 Å². The molecule has 2 aromatic carbocycles. The van der Waals surface area contributed by atoms with Crippen molar-refractivity contribution >= 4 is 30.4 Å². The monoisotopic (exact) mass is 442 g/mol. The van der Waals surface area contributed by atoms with Gasteiger partial charge in [-0.3, -0.25) is 9.59 Å². The van der Waals surface area contributed by atoms with Crippen molar-refractivity contribution in [2.24, 2.45) is 0 Å². The van der Waals surface area contributed by atoms with E-state index >= 15 is 0 Å². The molecule has 0 aromatic heterocycles. The molecular weight excluding hydrogens is 412 g/mol. The number of carbonyl (C=O) groups excluding carboxylic acids is 2. The normalized spacial score (nSPS) is 13.6. The molecule has 6 nitrogen and oxygen atoms in total. The first-order valence-corrected chi connectivity index (χ1v) is 11.0. The number of carboxylic acid groups (broad SMARTS) is 1. The quantitative estimate of drug-likeness (QED) is 0.380. The van der Waals surface area contributed by atoms with Crippen LogP contribution in [0.3, 0.4) is 0 Å². The van der Waals surface area contributed by atoms with Crippen LogP contribution in [0.1, 0.15) is 37.3 Å². The second-order valence-corrected chi connectivity index (χ2v) is 8.10. The van der Waals surface area contributed by atoms with Crippen LogP contribution in [0.15, 0.2) is 60.7 Å². The van der Waals surface area contributed by atoms with Gasteiger partial charge >= 0.3 is 5.97 Å². The summed E-state index contributed by atoms with van der Waals surface area (Å²) in [7, 11) is 0. The van der Waals surface area contributed by atoms with Crippen LogP contribution in [-0.2, 0) is 27.2 Å². The molecule has 0 heterocycles. The molecule has 2 amide bonds. The van der Waals surface area contributed by atoms with Gasteiger partial charge in [0.2, 0.25) is 11.8 Å². The van der Waals surface area contributed by atoms with Crippen molar-refractivity contribution in [2.75, 3.05) is 0 Å². The van der Waals surface area contributed by atoms with E-state index in [1.165, 1.54) is 0 Å². The summed E-state index contributed by atoms with van der Waals surface area (Å²) >= 11 is 4.32. The van der Waals surface area contributed by atoms with Gasteiger partial charge in [0, 0.05) is 6.42 Å². The van der Waals surface area contributed by atoms with Crippen LogP contribution in [0.5, 0.6) is 0 Å². The predicted octanol–water partition coefficient (Wildman–Crippen LogP) is 3.01. The second kappa shape index (κ2) is 12.8. The topological polar surface area (TPSA) is 95.5 Å². The Morgan fingerprint density at radius 3 is 1.94 bits per heavy atom. The molecule has 0 saturated heterocycles. The smallest absolute Gasteiger partial charge is 0.326 e. The molecular formula is C24H30N2O4S. The summed E-state index contributed by atoms with van der Waals surface area (Å²) in [6, 6.07) is 16.8. The molecule has 2 rings (SSSR count). The lowest BCUT2D eigenvalue weighted by Crippen LogP contribution is -2.53. The summed E-state index contributed by atoms with van der Waals surface area (Å²) in [6.45, 7) is 1.96. The first-order valence-electron chi connectivity index (χ1n) is 10.5. The first kappa shape index (κ1) is 24.5. The number of amides is 2. The fourth-order valence-electron chi connectivity index (χ4n) is 3.22. The van der Waals surface area contributed by atoms with Crippen LogP contribution in [0.25, 0.3) is 0 Å². The number of benzene rings is 2. The number of hydrogen-bond acceptors (Lipinski definition) is 4. The van der Waals surface area contributed by atoms with Crippen LogP contribution < -0.4 is 10.6 Å². The van der Waals surface area contributed by atoms with Gasteiger partial charge in [0.15, 0.2) is 0 Å². The van der Waals surface area contributed by atoms with Gasteiger partial charge in [-0.15, -0.1) is 0 Å². The van der Waals surface area contributed by atoms with Gasteiger partial charge in [0.25, 0.3) is 0 Å². The minimum absolute atomic E-state index is 0.159. The molecule has 31 heavy (non-hydrogen) atoms. The second-order valence-electron chi connectivity index (χ2n) is 7.48. The molecule has 0 radical (unpaired) electrons. The maximum Gasteiger partial charge on any atom is 0.326 e. The van der Waals surface area contributed by atoms with Crippen LogP contribution in [0, 0.1) is 0 Å². The zero-order valence-electron chi connectivity index (χ0n) is 17.7. The van der Waals surface area contributed by atoms with Gasteiger partial charge in [-0.1, -0.05) is 74.0 Å². The molecule has 0 saturated carbocycles. The maximum atomic E-state index is 13.0. The third kappa shape index (κ3) is 8.45. The Bertz CT molecular complexity index is 845. The summed E-state index contributed by atoms with van der Waals surface area (Å²) in [4.78, 5) is 37.2. The summed E-state index contributed by atoms with van der Waals surface area (Å²) in [5.41, 5.74) is 1.84. The van der Waals surface area contributed by atoms with E-state index in [4.69, 9.17) is 0 Å². The van der Waals surface area contributed by atoms with Gasteiger partial charge < -0.3 is 15.7 Å². The lowest BCUT2D eigenvalue weighted by Gasteiger charge is -2.23. The van der Waals surface area contributed by atoms with Crippen LogP contribution in [-0.4, -0.2) is 40.2 Å². The Morgan fingerprint density at radius 1 is 0.839 bits per heavy atom. The Hall–Kier alpha value is -2.80. The van der Waals surface area contributed by atoms with Crippen molar-refractivity contribution in [2.45, 2.75) is 56.4 Å². The van der Waals surface area contributed by atoms with E-state index in [1.807, 2.05) is 67.6 Å². The molecule has 0 aliphatic rings. The zero-order valence-corrected chi connectivity index (χ0v) is 18.6. The Morgan fingerprint density at radius 2 is 1.39 bits per heavy atom. The molecule has 1 unspecified atom stereocenters. The number of aliphatic carboxylic acids is 1. The van der Waals surface area contributed by atoms with Crippen molar-refractivity contribution in [3.05, 3.63) is 71.8 Å². The van der Waals surface area contributed by atoms with E-state index in [0.29, 0.717) is 19.3 Å². The Balaban J connectivity index is 2.10. The Kier molecular flexibility index (Phi) is 10.1. The number of carbonyl (C=O) groups is 3. The van der Waals surface area contributed by atoms with Crippen LogP contribution in [0.2, 0.25) is 0 Å². The van der Waals surface area contributed by atoms with E-state index < -0.39 is 29.2 Å². The lowest BCUT2D eigenvalue weighted by atomic mass is 10.0. The molecule has 0 bridgehead atoms. The first-order chi connectivity index (χ1) is 14.9. The molecule has 166 valence electrons. The van der Waals surface area contributed by atoms with E-state index in [2.05, 4.69) is 23.3 Å². The molecule has 3 atom stereocenters. The van der Waals surface area contributed by atoms with Crippen molar-refractivity contribution in [1.82, 2.24) is 10.6 Å². The molecule has 3 N–H and O–H groups in total. The van der Waals surface area contributed by atoms with Gasteiger partial charge in [0.1, 0.15) is 12.1 Å². The van der Waals surface area contributed by atoms with Crippen molar-refractivity contribution < 1.29 is 19.5 Å². The Labute approximate surface area is 188 Å². The highest BCUT2D eigenvalue weighted by Gasteiger charge is 2.28. The molecule has 7 heteroatoms. The van der Waals surface area contributed by atoms with Gasteiger partial charge in [-0.05, 0) is 30.4 Å². The largest absolute Gasteiger partial charge is 0.480 e. The van der Waals surface area contributed by atoms with E-state index in [-0.39, 0.29) is 12.3 Å². The third-order valence-electron chi connectivity index (χ3n) is 4.96. The number of thiol groups is 1. The molecule has 2 aromatic rings. The summed E-state index contributed by atoms with van der Waals surface area (Å²) < 4.78 is 0. The van der Waals surface area contributed by atoms with E-state index in [9.17, 15) is 19.5 Å². The van der Waals surface area contributed by atoms with Crippen molar-refractivity contribution in [3.8, 4) is 0 Å². The van der Waals surface area contributed by atoms with Crippen LogP contribution >= 0.6 is 12.6 Å². The molecule has 0 aliphatic carbocycles. The summed E-state index contributed by atoms with van der Waals surface area (Å²) in [5, 5.41) is 14.4. The standard InChI is InChI=1S/C24H30N2O4S/c1-2-9-21(31)23(28)25-19(15-14-17-10-5-3-6-11-17)22(27)26-20(24(29)30)16-18-12-7-4-8-13-18/h3-8,10-13,19-21,31H,2,9,14-16H2,1H3,(H,25,28)(H,26,27)(H,29,30)/t19-,20-,21?/m0/s1. The lowest BCUT2D eigenvalue weighted by molar-refractivity contribution is -0.142. The number of aryl methyl sites for hydroxylation is 1.